The van der Waals surface area contributed by atoms with Crippen LogP contribution in [0, 0.1) is 6.92 Å². The van der Waals surface area contributed by atoms with Gasteiger partial charge in [-0.2, -0.15) is 0 Å². The molecular weight excluding hydrogens is 498 g/mol. The Morgan fingerprint density at radius 1 is 0.944 bits per heavy atom. The van der Waals surface area contributed by atoms with Crippen LogP contribution in [0.1, 0.15) is 42.1 Å². The molecule has 0 spiro atoms. The Labute approximate surface area is 212 Å². The molecule has 36 heavy (non-hydrogen) atoms. The van der Waals surface area contributed by atoms with Gasteiger partial charge in [0.15, 0.2) is 0 Å². The largest absolute Gasteiger partial charge is 0.321 e. The fraction of sp³-hybridized carbons (Fsp3) is 0.346. The van der Waals surface area contributed by atoms with Gasteiger partial charge in [-0.3, -0.25) is 4.79 Å². The van der Waals surface area contributed by atoms with Gasteiger partial charge in [-0.05, 0) is 63.0 Å². The van der Waals surface area contributed by atoms with Gasteiger partial charge in [-0.1, -0.05) is 53.1 Å². The highest BCUT2D eigenvalue weighted by molar-refractivity contribution is 8.04. The maximum Gasteiger partial charge on any atom is 0.256 e. The van der Waals surface area contributed by atoms with Crippen molar-refractivity contribution in [2.24, 2.45) is 0 Å². The number of nitrogens with one attached hydrogen (secondary N) is 2. The van der Waals surface area contributed by atoms with E-state index in [2.05, 4.69) is 10.6 Å². The summed E-state index contributed by atoms with van der Waals surface area (Å²) < 4.78 is 55.3. The summed E-state index contributed by atoms with van der Waals surface area (Å²) in [5, 5.41) is 6.92. The molecule has 0 bridgehead atoms. The van der Waals surface area contributed by atoms with Crippen LogP contribution >= 0.6 is 0 Å². The molecule has 1 aliphatic rings. The second-order valence-corrected chi connectivity index (χ2v) is 12.9. The summed E-state index contributed by atoms with van der Waals surface area (Å²) >= 11 is 0. The first kappa shape index (κ1) is 26.3. The number of rotatable bonds is 8. The molecule has 0 radical (unpaired) electrons. The standard InChI is InChI=1S/C26H31N3O5S2/c1-3-18-35(31,32)29(20-14-16-27-17-15-20)36(33,34)25-13-12-24(22-10-6-7-11-23(22)25)28-26(30)21-9-5-4-8-19(21)2/h4-13,20,27H,3,14-18H2,1-2H3,(H,28,30). The van der Waals surface area contributed by atoms with E-state index in [1.165, 1.54) is 12.1 Å². The Balaban J connectivity index is 1.81. The Morgan fingerprint density at radius 2 is 1.58 bits per heavy atom. The molecule has 10 heteroatoms. The van der Waals surface area contributed by atoms with Gasteiger partial charge in [-0.25, -0.2) is 16.8 Å². The predicted molar refractivity (Wildman–Crippen MR) is 142 cm³/mol. The van der Waals surface area contributed by atoms with Crippen LogP contribution in [0.2, 0.25) is 0 Å². The maximum atomic E-state index is 14.0. The summed E-state index contributed by atoms with van der Waals surface area (Å²) in [7, 11) is -8.48. The molecule has 0 aliphatic carbocycles. The summed E-state index contributed by atoms with van der Waals surface area (Å²) in [5.41, 5.74) is 1.78. The third kappa shape index (κ3) is 5.17. The number of hydrogen-bond acceptors (Lipinski definition) is 6. The molecule has 0 aromatic heterocycles. The van der Waals surface area contributed by atoms with Crippen LogP contribution in [0.5, 0.6) is 0 Å². The first-order valence-corrected chi connectivity index (χ1v) is 15.1. The number of carbonyl (C=O) groups is 1. The molecule has 1 aliphatic heterocycles. The first-order valence-electron chi connectivity index (χ1n) is 12.0. The van der Waals surface area contributed by atoms with Crippen molar-refractivity contribution in [3.63, 3.8) is 0 Å². The normalized spacial score (nSPS) is 15.3. The van der Waals surface area contributed by atoms with E-state index >= 15 is 0 Å². The molecule has 192 valence electrons. The zero-order chi connectivity index (χ0) is 25.9. The Kier molecular flexibility index (Phi) is 7.79. The van der Waals surface area contributed by atoms with E-state index in [1.54, 1.807) is 43.3 Å². The van der Waals surface area contributed by atoms with Crippen LogP contribution in [-0.4, -0.2) is 51.3 Å². The van der Waals surface area contributed by atoms with Gasteiger partial charge >= 0.3 is 0 Å². The van der Waals surface area contributed by atoms with E-state index in [0.29, 0.717) is 54.4 Å². The molecule has 3 aromatic rings. The quantitative estimate of drug-likeness (QED) is 0.458. The predicted octanol–water partition coefficient (Wildman–Crippen LogP) is 3.88. The van der Waals surface area contributed by atoms with Gasteiger partial charge in [-0.15, -0.1) is 0 Å². The lowest BCUT2D eigenvalue weighted by Gasteiger charge is -2.33. The molecule has 0 saturated carbocycles. The van der Waals surface area contributed by atoms with Crippen molar-refractivity contribution in [2.45, 2.75) is 44.0 Å². The minimum atomic E-state index is -4.41. The van der Waals surface area contributed by atoms with Crippen LogP contribution in [0.15, 0.2) is 65.6 Å². The van der Waals surface area contributed by atoms with Gasteiger partial charge in [0.1, 0.15) is 0 Å². The Hall–Kier alpha value is -2.79. The first-order chi connectivity index (χ1) is 17.2. The van der Waals surface area contributed by atoms with Gasteiger partial charge in [0.2, 0.25) is 10.0 Å². The highest BCUT2D eigenvalue weighted by Gasteiger charge is 2.41. The van der Waals surface area contributed by atoms with Crippen molar-refractivity contribution in [2.75, 3.05) is 24.2 Å². The summed E-state index contributed by atoms with van der Waals surface area (Å²) in [6, 6.07) is 16.3. The maximum absolute atomic E-state index is 14.0. The number of nitrogens with zero attached hydrogens (tertiary/aromatic N) is 1. The average Bonchev–Trinajstić information content (AvgIpc) is 2.84. The van der Waals surface area contributed by atoms with Crippen molar-refractivity contribution in [3.8, 4) is 0 Å². The number of amides is 1. The highest BCUT2D eigenvalue weighted by atomic mass is 32.3. The molecule has 1 heterocycles. The molecular formula is C26H31N3O5S2. The van der Waals surface area contributed by atoms with Crippen LogP contribution in [0.25, 0.3) is 10.8 Å². The van der Waals surface area contributed by atoms with Crippen LogP contribution in [-0.2, 0) is 20.0 Å². The smallest absolute Gasteiger partial charge is 0.256 e. The van der Waals surface area contributed by atoms with Gasteiger partial charge in [0.25, 0.3) is 15.9 Å². The number of anilines is 1. The fourth-order valence-electron chi connectivity index (χ4n) is 4.66. The summed E-state index contributed by atoms with van der Waals surface area (Å²) in [6.07, 6.45) is 1.12. The van der Waals surface area contributed by atoms with Crippen molar-refractivity contribution in [1.29, 1.82) is 0 Å². The van der Waals surface area contributed by atoms with Crippen LogP contribution in [0.3, 0.4) is 0 Å². The Bertz CT molecular complexity index is 1480. The number of benzene rings is 3. The van der Waals surface area contributed by atoms with Crippen molar-refractivity contribution in [1.82, 2.24) is 9.03 Å². The van der Waals surface area contributed by atoms with Gasteiger partial charge < -0.3 is 10.6 Å². The minimum absolute atomic E-state index is 0.0924. The number of carbonyl (C=O) groups excluding carboxylic acids is 1. The number of fused-ring (bicyclic) bond motifs is 1. The molecule has 0 unspecified atom stereocenters. The second-order valence-electron chi connectivity index (χ2n) is 8.95. The molecule has 1 amide bonds. The molecule has 1 saturated heterocycles. The zero-order valence-corrected chi connectivity index (χ0v) is 22.0. The van der Waals surface area contributed by atoms with E-state index in [9.17, 15) is 21.6 Å². The zero-order valence-electron chi connectivity index (χ0n) is 20.4. The Morgan fingerprint density at radius 3 is 2.25 bits per heavy atom. The summed E-state index contributed by atoms with van der Waals surface area (Å²) in [6.45, 7) is 4.65. The SMILES string of the molecule is CCCS(=O)(=O)N(C1CCNCC1)S(=O)(=O)c1ccc(NC(=O)c2ccccc2C)c2ccccc12. The lowest BCUT2D eigenvalue weighted by Crippen LogP contribution is -2.49. The fourth-order valence-corrected chi connectivity index (χ4v) is 9.17. The van der Waals surface area contributed by atoms with Crippen molar-refractivity contribution >= 4 is 42.4 Å². The van der Waals surface area contributed by atoms with Gasteiger partial charge in [0, 0.05) is 28.1 Å². The van der Waals surface area contributed by atoms with Crippen LogP contribution in [0.4, 0.5) is 5.69 Å². The number of piperidine rings is 1. The van der Waals surface area contributed by atoms with Crippen molar-refractivity contribution < 1.29 is 21.6 Å². The molecule has 4 rings (SSSR count). The van der Waals surface area contributed by atoms with E-state index in [-0.39, 0.29) is 16.6 Å². The second kappa shape index (κ2) is 10.7. The third-order valence-electron chi connectivity index (χ3n) is 6.38. The molecule has 2 N–H and O–H groups in total. The molecule has 1 fully saturated rings. The lowest BCUT2D eigenvalue weighted by atomic mass is 10.1. The number of sulfonamides is 2. The van der Waals surface area contributed by atoms with Crippen LogP contribution < -0.4 is 10.6 Å². The van der Waals surface area contributed by atoms with E-state index in [4.69, 9.17) is 0 Å². The van der Waals surface area contributed by atoms with E-state index in [0.717, 1.165) is 9.27 Å². The minimum Gasteiger partial charge on any atom is -0.321 e. The van der Waals surface area contributed by atoms with Crippen molar-refractivity contribution in [3.05, 3.63) is 71.8 Å². The van der Waals surface area contributed by atoms with E-state index in [1.807, 2.05) is 19.1 Å². The number of aryl methyl sites for hydroxylation is 1. The van der Waals surface area contributed by atoms with E-state index < -0.39 is 26.1 Å². The highest BCUT2D eigenvalue weighted by Crippen LogP contribution is 2.34. The van der Waals surface area contributed by atoms with Gasteiger partial charge in [0.05, 0.1) is 10.6 Å². The average molecular weight is 530 g/mol. The molecule has 0 atom stereocenters. The summed E-state index contributed by atoms with van der Waals surface area (Å²) in [5.74, 6) is -0.561. The third-order valence-corrected chi connectivity index (χ3v) is 11.1. The monoisotopic (exact) mass is 529 g/mol. The molecule has 8 nitrogen and oxygen atoms in total. The topological polar surface area (TPSA) is 113 Å². The summed E-state index contributed by atoms with van der Waals surface area (Å²) in [4.78, 5) is 12.9. The lowest BCUT2D eigenvalue weighted by molar-refractivity contribution is 0.102. The number of hydrogen-bond donors (Lipinski definition) is 2. The molecule has 3 aromatic carbocycles.